The van der Waals surface area contributed by atoms with E-state index in [2.05, 4.69) is 6.58 Å². The summed E-state index contributed by atoms with van der Waals surface area (Å²) in [7, 11) is 1.59. The fourth-order valence-corrected chi connectivity index (χ4v) is 2.68. The van der Waals surface area contributed by atoms with Gasteiger partial charge in [-0.2, -0.15) is 0 Å². The van der Waals surface area contributed by atoms with Crippen LogP contribution in [0.1, 0.15) is 20.3 Å². The number of hydrogen-bond acceptors (Lipinski definition) is 3. The molecule has 2 N–H and O–H groups in total. The summed E-state index contributed by atoms with van der Waals surface area (Å²) in [5, 5.41) is 0. The topological polar surface area (TPSA) is 83.7 Å². The predicted molar refractivity (Wildman–Crippen MR) is 75.5 cm³/mol. The number of carbonyl (C=O) groups is 3. The molecule has 112 valence electrons. The lowest BCUT2D eigenvalue weighted by Gasteiger charge is -2.30. The molecule has 20 heavy (non-hydrogen) atoms. The normalized spacial score (nSPS) is 19.8. The molecule has 0 aliphatic carbocycles. The molecular formula is C14H23N3O3. The second-order valence-electron chi connectivity index (χ2n) is 5.51. The van der Waals surface area contributed by atoms with Gasteiger partial charge < -0.3 is 15.5 Å². The molecule has 1 heterocycles. The van der Waals surface area contributed by atoms with E-state index in [4.69, 9.17) is 5.73 Å². The van der Waals surface area contributed by atoms with Crippen LogP contribution in [0.15, 0.2) is 12.7 Å². The lowest BCUT2D eigenvalue weighted by atomic mass is 9.99. The molecule has 1 rings (SSSR count). The van der Waals surface area contributed by atoms with E-state index in [9.17, 15) is 14.4 Å². The highest BCUT2D eigenvalue weighted by Gasteiger charge is 2.36. The Morgan fingerprint density at radius 2 is 2.00 bits per heavy atom. The Labute approximate surface area is 119 Å². The van der Waals surface area contributed by atoms with E-state index in [0.29, 0.717) is 19.5 Å². The van der Waals surface area contributed by atoms with E-state index < -0.39 is 11.9 Å². The van der Waals surface area contributed by atoms with Crippen LogP contribution in [0.3, 0.4) is 0 Å². The number of carbonyl (C=O) groups excluding carboxylic acids is 3. The zero-order valence-electron chi connectivity index (χ0n) is 12.3. The van der Waals surface area contributed by atoms with E-state index in [1.165, 1.54) is 11.0 Å². The summed E-state index contributed by atoms with van der Waals surface area (Å²) in [6, 6.07) is -0.619. The van der Waals surface area contributed by atoms with Crippen LogP contribution in [0, 0.1) is 11.8 Å². The summed E-state index contributed by atoms with van der Waals surface area (Å²) in [6.07, 6.45) is 1.85. The van der Waals surface area contributed by atoms with Crippen molar-refractivity contribution in [1.82, 2.24) is 9.80 Å². The van der Waals surface area contributed by atoms with Crippen LogP contribution in [-0.4, -0.2) is 53.7 Å². The maximum atomic E-state index is 12.4. The van der Waals surface area contributed by atoms with Crippen molar-refractivity contribution >= 4 is 17.7 Å². The number of nitrogens with two attached hydrogens (primary N) is 1. The third kappa shape index (κ3) is 3.37. The predicted octanol–water partition coefficient (Wildman–Crippen LogP) is -0.0108. The standard InChI is InChI=1S/C14H23N3O3/c1-5-11(18)17-7-6-10(8-17)14(20)16(4)12(9(2)3)13(15)19/h5,9-10,12H,1,6-8H2,2-4H3,(H2,15,19). The Morgan fingerprint density at radius 1 is 1.40 bits per heavy atom. The Kier molecular flexibility index (Phi) is 5.30. The quantitative estimate of drug-likeness (QED) is 0.719. The van der Waals surface area contributed by atoms with Gasteiger partial charge in [0.15, 0.2) is 0 Å². The molecule has 2 atom stereocenters. The van der Waals surface area contributed by atoms with Crippen molar-refractivity contribution in [3.8, 4) is 0 Å². The van der Waals surface area contributed by atoms with E-state index in [1.54, 1.807) is 11.9 Å². The highest BCUT2D eigenvalue weighted by atomic mass is 16.2. The number of rotatable bonds is 5. The summed E-state index contributed by atoms with van der Waals surface area (Å²) >= 11 is 0. The number of nitrogens with zero attached hydrogens (tertiary/aromatic N) is 2. The maximum absolute atomic E-state index is 12.4. The molecular weight excluding hydrogens is 258 g/mol. The average molecular weight is 281 g/mol. The molecule has 0 spiro atoms. The molecule has 1 saturated heterocycles. The average Bonchev–Trinajstić information content (AvgIpc) is 2.85. The Balaban J connectivity index is 2.73. The van der Waals surface area contributed by atoms with Crippen molar-refractivity contribution in [3.63, 3.8) is 0 Å². The molecule has 1 aliphatic rings. The summed E-state index contributed by atoms with van der Waals surface area (Å²) < 4.78 is 0. The van der Waals surface area contributed by atoms with Crippen molar-refractivity contribution in [3.05, 3.63) is 12.7 Å². The summed E-state index contributed by atoms with van der Waals surface area (Å²) in [5.74, 6) is -1.13. The van der Waals surface area contributed by atoms with E-state index in [0.717, 1.165) is 0 Å². The van der Waals surface area contributed by atoms with Crippen LogP contribution < -0.4 is 5.73 Å². The number of likely N-dealkylation sites (tertiary alicyclic amines) is 1. The minimum Gasteiger partial charge on any atom is -0.368 e. The second kappa shape index (κ2) is 6.54. The molecule has 0 aromatic heterocycles. The first-order valence-corrected chi connectivity index (χ1v) is 6.76. The minimum atomic E-state index is -0.619. The molecule has 0 aromatic rings. The fourth-order valence-electron chi connectivity index (χ4n) is 2.68. The van der Waals surface area contributed by atoms with Crippen LogP contribution in [0.5, 0.6) is 0 Å². The van der Waals surface area contributed by atoms with Crippen molar-refractivity contribution < 1.29 is 14.4 Å². The first-order chi connectivity index (χ1) is 9.29. The Morgan fingerprint density at radius 3 is 2.45 bits per heavy atom. The van der Waals surface area contributed by atoms with Crippen molar-refractivity contribution in [2.24, 2.45) is 17.6 Å². The molecule has 0 bridgehead atoms. The number of primary amides is 1. The molecule has 3 amide bonds. The zero-order valence-corrected chi connectivity index (χ0v) is 12.3. The summed E-state index contributed by atoms with van der Waals surface area (Å²) in [5.41, 5.74) is 5.36. The molecule has 0 saturated carbocycles. The third-order valence-electron chi connectivity index (χ3n) is 3.71. The minimum absolute atomic E-state index is 0.0474. The van der Waals surface area contributed by atoms with Crippen molar-refractivity contribution in [2.75, 3.05) is 20.1 Å². The molecule has 2 unspecified atom stereocenters. The van der Waals surface area contributed by atoms with Gasteiger partial charge in [0.1, 0.15) is 6.04 Å². The lowest BCUT2D eigenvalue weighted by Crippen LogP contribution is -2.50. The maximum Gasteiger partial charge on any atom is 0.245 e. The first-order valence-electron chi connectivity index (χ1n) is 6.76. The molecule has 1 fully saturated rings. The summed E-state index contributed by atoms with van der Waals surface area (Å²) in [4.78, 5) is 38.4. The van der Waals surface area contributed by atoms with Gasteiger partial charge in [0.2, 0.25) is 17.7 Å². The molecule has 0 aromatic carbocycles. The largest absolute Gasteiger partial charge is 0.368 e. The van der Waals surface area contributed by atoms with Crippen LogP contribution in [0.2, 0.25) is 0 Å². The summed E-state index contributed by atoms with van der Waals surface area (Å²) in [6.45, 7) is 8.05. The molecule has 1 aliphatic heterocycles. The van der Waals surface area contributed by atoms with Crippen LogP contribution in [0.4, 0.5) is 0 Å². The lowest BCUT2D eigenvalue weighted by molar-refractivity contribution is -0.142. The highest BCUT2D eigenvalue weighted by Crippen LogP contribution is 2.21. The first kappa shape index (κ1) is 16.2. The zero-order chi connectivity index (χ0) is 15.4. The molecule has 0 radical (unpaired) electrons. The van der Waals surface area contributed by atoms with Gasteiger partial charge in [-0.25, -0.2) is 0 Å². The fraction of sp³-hybridized carbons (Fsp3) is 0.643. The van der Waals surface area contributed by atoms with Gasteiger partial charge in [-0.1, -0.05) is 20.4 Å². The van der Waals surface area contributed by atoms with Gasteiger partial charge in [-0.15, -0.1) is 0 Å². The molecule has 6 heteroatoms. The third-order valence-corrected chi connectivity index (χ3v) is 3.71. The van der Waals surface area contributed by atoms with Gasteiger partial charge >= 0.3 is 0 Å². The van der Waals surface area contributed by atoms with E-state index in [1.807, 2.05) is 13.8 Å². The van der Waals surface area contributed by atoms with Gasteiger partial charge in [-0.05, 0) is 18.4 Å². The van der Waals surface area contributed by atoms with Gasteiger partial charge in [0.25, 0.3) is 0 Å². The Hall–Kier alpha value is -1.85. The van der Waals surface area contributed by atoms with Gasteiger partial charge in [0, 0.05) is 20.1 Å². The van der Waals surface area contributed by atoms with Crippen LogP contribution >= 0.6 is 0 Å². The van der Waals surface area contributed by atoms with E-state index >= 15 is 0 Å². The smallest absolute Gasteiger partial charge is 0.245 e. The second-order valence-corrected chi connectivity index (χ2v) is 5.51. The van der Waals surface area contributed by atoms with Gasteiger partial charge in [-0.3, -0.25) is 14.4 Å². The van der Waals surface area contributed by atoms with Crippen LogP contribution in [-0.2, 0) is 14.4 Å². The highest BCUT2D eigenvalue weighted by molar-refractivity contribution is 5.90. The number of likely N-dealkylation sites (N-methyl/N-ethyl adjacent to an activating group) is 1. The van der Waals surface area contributed by atoms with Gasteiger partial charge in [0.05, 0.1) is 5.92 Å². The number of hydrogen-bond donors (Lipinski definition) is 1. The van der Waals surface area contributed by atoms with E-state index in [-0.39, 0.29) is 23.7 Å². The number of amides is 3. The van der Waals surface area contributed by atoms with Crippen molar-refractivity contribution in [2.45, 2.75) is 26.3 Å². The monoisotopic (exact) mass is 281 g/mol. The van der Waals surface area contributed by atoms with Crippen molar-refractivity contribution in [1.29, 1.82) is 0 Å². The Bertz CT molecular complexity index is 420. The molecule has 6 nitrogen and oxygen atoms in total. The van der Waals surface area contributed by atoms with Crippen LogP contribution in [0.25, 0.3) is 0 Å². The SMILES string of the molecule is C=CC(=O)N1CCC(C(=O)N(C)C(C(N)=O)C(C)C)C1.